The number of hydrogen-bond acceptors (Lipinski definition) is 2. The molecule has 2 nitrogen and oxygen atoms in total. The van der Waals surface area contributed by atoms with E-state index < -0.39 is 0 Å². The van der Waals surface area contributed by atoms with Crippen molar-refractivity contribution in [2.24, 2.45) is 11.8 Å². The molecule has 2 atom stereocenters. The average Bonchev–Trinajstić information content (AvgIpc) is 2.81. The fourth-order valence-electron chi connectivity index (χ4n) is 2.67. The largest absolute Gasteiger partial charge is 0.396 e. The maximum absolute atomic E-state index is 9.28. The molecule has 1 aliphatic rings. The van der Waals surface area contributed by atoms with Gasteiger partial charge in [-0.25, -0.2) is 0 Å². The Bertz CT molecular complexity index is 397. The Labute approximate surface area is 125 Å². The van der Waals surface area contributed by atoms with E-state index in [1.54, 1.807) is 0 Å². The van der Waals surface area contributed by atoms with Crippen LogP contribution in [0.1, 0.15) is 24.8 Å². The van der Waals surface area contributed by atoms with E-state index in [1.807, 2.05) is 0 Å². The first-order chi connectivity index (χ1) is 8.70. The Balaban J connectivity index is 1.79. The second-order valence-corrected chi connectivity index (χ2v) is 6.72. The number of nitrogens with one attached hydrogen (secondary N) is 1. The van der Waals surface area contributed by atoms with Crippen molar-refractivity contribution in [2.75, 3.05) is 13.2 Å². The molecular weight excluding hydrogens is 358 g/mol. The number of aliphatic hydroxyl groups is 1. The lowest BCUT2D eigenvalue weighted by molar-refractivity contribution is 0.192. The van der Waals surface area contributed by atoms with Crippen molar-refractivity contribution in [3.63, 3.8) is 0 Å². The van der Waals surface area contributed by atoms with Crippen molar-refractivity contribution in [2.45, 2.75) is 25.8 Å². The normalized spacial score (nSPS) is 23.5. The molecule has 18 heavy (non-hydrogen) atoms. The molecule has 0 aromatic heterocycles. The Kier molecular flexibility index (Phi) is 5.67. The smallest absolute Gasteiger partial charge is 0.0462 e. The van der Waals surface area contributed by atoms with Gasteiger partial charge < -0.3 is 10.4 Å². The summed E-state index contributed by atoms with van der Waals surface area (Å²) >= 11 is 6.99. The first-order valence-electron chi connectivity index (χ1n) is 6.46. The number of benzene rings is 1. The number of hydrogen-bond donors (Lipinski definition) is 2. The molecule has 0 aliphatic heterocycles. The van der Waals surface area contributed by atoms with Gasteiger partial charge >= 0.3 is 0 Å². The molecule has 0 heterocycles. The Morgan fingerprint density at radius 2 is 1.94 bits per heavy atom. The molecule has 100 valence electrons. The van der Waals surface area contributed by atoms with Crippen LogP contribution >= 0.6 is 31.9 Å². The topological polar surface area (TPSA) is 32.3 Å². The molecule has 1 aliphatic carbocycles. The zero-order valence-electron chi connectivity index (χ0n) is 10.3. The molecule has 1 aromatic carbocycles. The van der Waals surface area contributed by atoms with E-state index in [2.05, 4.69) is 55.4 Å². The van der Waals surface area contributed by atoms with Gasteiger partial charge in [-0.3, -0.25) is 0 Å². The molecule has 0 spiro atoms. The maximum atomic E-state index is 9.28. The highest BCUT2D eigenvalue weighted by Crippen LogP contribution is 2.30. The van der Waals surface area contributed by atoms with Gasteiger partial charge in [0.15, 0.2) is 0 Å². The van der Waals surface area contributed by atoms with Crippen LogP contribution in [-0.4, -0.2) is 18.3 Å². The van der Waals surface area contributed by atoms with Gasteiger partial charge in [-0.05, 0) is 80.8 Å². The monoisotopic (exact) mass is 375 g/mol. The van der Waals surface area contributed by atoms with Crippen molar-refractivity contribution in [3.05, 3.63) is 32.7 Å². The standard InChI is InChI=1S/C14H19Br2NO/c15-13-5-4-10(6-14(13)16)7-17-8-11-2-1-3-12(11)9-18/h4-6,11-12,17-18H,1-3,7-9H2. The molecule has 2 rings (SSSR count). The van der Waals surface area contributed by atoms with E-state index in [9.17, 15) is 5.11 Å². The van der Waals surface area contributed by atoms with Crippen molar-refractivity contribution in [3.8, 4) is 0 Å². The third-order valence-corrected chi connectivity index (χ3v) is 5.65. The van der Waals surface area contributed by atoms with E-state index in [0.29, 0.717) is 18.4 Å². The quantitative estimate of drug-likeness (QED) is 0.820. The summed E-state index contributed by atoms with van der Waals surface area (Å²) in [7, 11) is 0. The van der Waals surface area contributed by atoms with Gasteiger partial charge in [0.1, 0.15) is 0 Å². The minimum atomic E-state index is 0.343. The molecule has 2 unspecified atom stereocenters. The Morgan fingerprint density at radius 1 is 1.17 bits per heavy atom. The van der Waals surface area contributed by atoms with Crippen LogP contribution in [0.3, 0.4) is 0 Å². The highest BCUT2D eigenvalue weighted by molar-refractivity contribution is 9.13. The van der Waals surface area contributed by atoms with Gasteiger partial charge in [0.2, 0.25) is 0 Å². The summed E-state index contributed by atoms with van der Waals surface area (Å²) in [5.41, 5.74) is 1.28. The molecular formula is C14H19Br2NO. The third-order valence-electron chi connectivity index (χ3n) is 3.77. The molecule has 1 aromatic rings. The maximum Gasteiger partial charge on any atom is 0.0462 e. The van der Waals surface area contributed by atoms with Crippen molar-refractivity contribution < 1.29 is 5.11 Å². The molecule has 1 fully saturated rings. The van der Waals surface area contributed by atoms with Crippen molar-refractivity contribution in [1.29, 1.82) is 0 Å². The fourth-order valence-corrected chi connectivity index (χ4v) is 3.35. The summed E-state index contributed by atoms with van der Waals surface area (Å²) in [4.78, 5) is 0. The first kappa shape index (κ1) is 14.5. The predicted molar refractivity (Wildman–Crippen MR) is 81.5 cm³/mol. The van der Waals surface area contributed by atoms with Crippen LogP contribution in [0.4, 0.5) is 0 Å². The molecule has 0 amide bonds. The zero-order chi connectivity index (χ0) is 13.0. The van der Waals surface area contributed by atoms with Crippen LogP contribution in [0.5, 0.6) is 0 Å². The second-order valence-electron chi connectivity index (χ2n) is 5.01. The lowest BCUT2D eigenvalue weighted by Crippen LogP contribution is -2.26. The number of halogens is 2. The molecule has 0 saturated heterocycles. The second kappa shape index (κ2) is 7.04. The van der Waals surface area contributed by atoms with Crippen LogP contribution in [-0.2, 0) is 6.54 Å². The summed E-state index contributed by atoms with van der Waals surface area (Å²) in [6, 6.07) is 6.32. The van der Waals surface area contributed by atoms with Gasteiger partial charge in [0, 0.05) is 22.1 Å². The summed E-state index contributed by atoms with van der Waals surface area (Å²) < 4.78 is 2.18. The fraction of sp³-hybridized carbons (Fsp3) is 0.571. The summed E-state index contributed by atoms with van der Waals surface area (Å²) in [6.45, 7) is 2.25. The van der Waals surface area contributed by atoms with Crippen LogP contribution in [0.15, 0.2) is 27.1 Å². The lowest BCUT2D eigenvalue weighted by Gasteiger charge is -2.17. The third kappa shape index (κ3) is 3.80. The Hall–Kier alpha value is 0.1000. The van der Waals surface area contributed by atoms with Gasteiger partial charge in [-0.15, -0.1) is 0 Å². The summed E-state index contributed by atoms with van der Waals surface area (Å²) in [5, 5.41) is 12.8. The van der Waals surface area contributed by atoms with E-state index in [4.69, 9.17) is 0 Å². The highest BCUT2D eigenvalue weighted by Gasteiger charge is 2.25. The number of aliphatic hydroxyl groups excluding tert-OH is 1. The van der Waals surface area contributed by atoms with Crippen LogP contribution in [0.25, 0.3) is 0 Å². The van der Waals surface area contributed by atoms with Gasteiger partial charge in [0.05, 0.1) is 0 Å². The average molecular weight is 377 g/mol. The highest BCUT2D eigenvalue weighted by atomic mass is 79.9. The zero-order valence-corrected chi connectivity index (χ0v) is 13.5. The van der Waals surface area contributed by atoms with E-state index in [1.165, 1.54) is 24.8 Å². The summed E-state index contributed by atoms with van der Waals surface area (Å²) in [5.74, 6) is 1.16. The van der Waals surface area contributed by atoms with Gasteiger partial charge in [0.25, 0.3) is 0 Å². The molecule has 0 bridgehead atoms. The van der Waals surface area contributed by atoms with E-state index in [0.717, 1.165) is 22.0 Å². The molecule has 4 heteroatoms. The van der Waals surface area contributed by atoms with Crippen LogP contribution in [0, 0.1) is 11.8 Å². The minimum Gasteiger partial charge on any atom is -0.396 e. The lowest BCUT2D eigenvalue weighted by atomic mass is 9.97. The van der Waals surface area contributed by atoms with Gasteiger partial charge in [-0.1, -0.05) is 12.5 Å². The Morgan fingerprint density at radius 3 is 2.67 bits per heavy atom. The van der Waals surface area contributed by atoms with E-state index >= 15 is 0 Å². The van der Waals surface area contributed by atoms with Crippen molar-refractivity contribution >= 4 is 31.9 Å². The number of rotatable bonds is 5. The van der Waals surface area contributed by atoms with Crippen LogP contribution in [0.2, 0.25) is 0 Å². The molecule has 1 saturated carbocycles. The van der Waals surface area contributed by atoms with E-state index in [-0.39, 0.29) is 0 Å². The first-order valence-corrected chi connectivity index (χ1v) is 8.05. The minimum absolute atomic E-state index is 0.343. The summed E-state index contributed by atoms with van der Waals surface area (Å²) in [6.07, 6.45) is 3.70. The molecule has 2 N–H and O–H groups in total. The predicted octanol–water partition coefficient (Wildman–Crippen LogP) is 3.71. The molecule has 0 radical (unpaired) electrons. The van der Waals surface area contributed by atoms with Gasteiger partial charge in [-0.2, -0.15) is 0 Å². The van der Waals surface area contributed by atoms with Crippen molar-refractivity contribution in [1.82, 2.24) is 5.32 Å². The van der Waals surface area contributed by atoms with Crippen LogP contribution < -0.4 is 5.32 Å². The SMILES string of the molecule is OCC1CCCC1CNCc1ccc(Br)c(Br)c1.